The van der Waals surface area contributed by atoms with Gasteiger partial charge < -0.3 is 5.32 Å². The van der Waals surface area contributed by atoms with Crippen LogP contribution >= 0.6 is 11.3 Å². The third kappa shape index (κ3) is 4.28. The van der Waals surface area contributed by atoms with Gasteiger partial charge in [0.1, 0.15) is 0 Å². The smallest absolute Gasteiger partial charge is 0.244 e. The minimum absolute atomic E-state index is 0.381. The Morgan fingerprint density at radius 1 is 1.43 bits per heavy atom. The molecule has 2 rings (SSSR count). The first-order valence-corrected chi connectivity index (χ1v) is 10.1. The Bertz CT molecular complexity index is 550. The molecule has 1 aromatic heterocycles. The zero-order valence-corrected chi connectivity index (χ0v) is 14.8. The van der Waals surface area contributed by atoms with Crippen molar-refractivity contribution < 1.29 is 8.42 Å². The molecule has 1 aliphatic carbocycles. The van der Waals surface area contributed by atoms with Gasteiger partial charge in [-0.05, 0) is 30.2 Å². The van der Waals surface area contributed by atoms with Crippen LogP contribution in [-0.4, -0.2) is 31.9 Å². The molecule has 21 heavy (non-hydrogen) atoms. The number of nitrogens with zero attached hydrogens (tertiary/aromatic N) is 1. The molecule has 1 aliphatic rings. The Balaban J connectivity index is 2.14. The van der Waals surface area contributed by atoms with Gasteiger partial charge in [0.25, 0.3) is 0 Å². The van der Waals surface area contributed by atoms with Crippen molar-refractivity contribution in [3.63, 3.8) is 0 Å². The molecule has 1 unspecified atom stereocenters. The van der Waals surface area contributed by atoms with E-state index in [-0.39, 0.29) is 0 Å². The lowest BCUT2D eigenvalue weighted by molar-refractivity contribution is 0.361. The van der Waals surface area contributed by atoms with Gasteiger partial charge in [-0.1, -0.05) is 27.2 Å². The van der Waals surface area contributed by atoms with Crippen molar-refractivity contribution in [1.29, 1.82) is 0 Å². The fraction of sp³-hybridized carbons (Fsp3) is 0.733. The highest BCUT2D eigenvalue weighted by Crippen LogP contribution is 2.27. The Hall–Kier alpha value is -0.430. The molecular weight excluding hydrogens is 304 g/mol. The molecule has 1 aromatic rings. The minimum atomic E-state index is -3.37. The van der Waals surface area contributed by atoms with E-state index < -0.39 is 10.0 Å². The van der Waals surface area contributed by atoms with Gasteiger partial charge in [0, 0.05) is 30.6 Å². The summed E-state index contributed by atoms with van der Waals surface area (Å²) in [4.78, 5) is 1.43. The molecule has 0 radical (unpaired) electrons. The third-order valence-corrected chi connectivity index (χ3v) is 7.09. The van der Waals surface area contributed by atoms with Crippen LogP contribution in [0.15, 0.2) is 16.3 Å². The van der Waals surface area contributed by atoms with Crippen LogP contribution in [0.25, 0.3) is 0 Å². The number of hydrogen-bond acceptors (Lipinski definition) is 4. The summed E-state index contributed by atoms with van der Waals surface area (Å²) in [5.41, 5.74) is 0. The molecule has 0 bridgehead atoms. The highest BCUT2D eigenvalue weighted by molar-refractivity contribution is 7.89. The lowest BCUT2D eigenvalue weighted by Gasteiger charge is -2.23. The molecule has 0 aliphatic heterocycles. The topological polar surface area (TPSA) is 49.4 Å². The van der Waals surface area contributed by atoms with E-state index in [1.807, 2.05) is 12.3 Å². The Morgan fingerprint density at radius 3 is 2.71 bits per heavy atom. The van der Waals surface area contributed by atoms with Crippen LogP contribution < -0.4 is 5.32 Å². The normalized spacial score (nSPS) is 17.3. The molecule has 120 valence electrons. The molecule has 1 N–H and O–H groups in total. The van der Waals surface area contributed by atoms with E-state index in [0.29, 0.717) is 36.5 Å². The maximum Gasteiger partial charge on any atom is 0.244 e. The number of sulfonamides is 1. The average molecular weight is 331 g/mol. The van der Waals surface area contributed by atoms with Crippen LogP contribution in [0.3, 0.4) is 0 Å². The van der Waals surface area contributed by atoms with Gasteiger partial charge in [0.2, 0.25) is 10.0 Å². The maximum absolute atomic E-state index is 12.9. The maximum atomic E-state index is 12.9. The first kappa shape index (κ1) is 16.9. The summed E-state index contributed by atoms with van der Waals surface area (Å²) >= 11 is 1.53. The van der Waals surface area contributed by atoms with Crippen molar-refractivity contribution in [2.24, 2.45) is 5.92 Å². The molecule has 1 atom stereocenters. The highest BCUT2D eigenvalue weighted by Gasteiger charge is 2.28. The number of thiophene rings is 1. The van der Waals surface area contributed by atoms with Gasteiger partial charge in [-0.3, -0.25) is 0 Å². The van der Waals surface area contributed by atoms with Crippen LogP contribution in [0.2, 0.25) is 0 Å². The molecule has 4 nitrogen and oxygen atoms in total. The summed E-state index contributed by atoms with van der Waals surface area (Å²) in [6.45, 7) is 7.90. The van der Waals surface area contributed by atoms with E-state index >= 15 is 0 Å². The predicted molar refractivity (Wildman–Crippen MR) is 88.1 cm³/mol. The lowest BCUT2D eigenvalue weighted by Crippen LogP contribution is -2.35. The molecule has 6 heteroatoms. The second kappa shape index (κ2) is 7.22. The average Bonchev–Trinajstić information content (AvgIpc) is 3.17. The first-order chi connectivity index (χ1) is 9.98. The second-order valence-electron chi connectivity index (χ2n) is 5.83. The number of hydrogen-bond donors (Lipinski definition) is 1. The fourth-order valence-corrected chi connectivity index (χ4v) is 5.16. The van der Waals surface area contributed by atoms with Crippen molar-refractivity contribution in [3.8, 4) is 0 Å². The van der Waals surface area contributed by atoms with Crippen LogP contribution in [0.1, 0.15) is 44.9 Å². The zero-order chi connectivity index (χ0) is 15.5. The van der Waals surface area contributed by atoms with Crippen LogP contribution in [0.4, 0.5) is 0 Å². The van der Waals surface area contributed by atoms with E-state index in [4.69, 9.17) is 0 Å². The van der Waals surface area contributed by atoms with E-state index in [2.05, 4.69) is 19.2 Å². The molecular formula is C15H26N2O2S2. The Labute approximate surface area is 132 Å². The van der Waals surface area contributed by atoms with E-state index in [1.165, 1.54) is 24.2 Å². The molecule has 1 saturated carbocycles. The quantitative estimate of drug-likeness (QED) is 0.757. The van der Waals surface area contributed by atoms with Gasteiger partial charge in [0.05, 0.1) is 4.90 Å². The lowest BCUT2D eigenvalue weighted by atomic mass is 10.1. The molecule has 0 amide bonds. The molecule has 0 spiro atoms. The van der Waals surface area contributed by atoms with Crippen molar-refractivity contribution in [2.75, 3.05) is 13.1 Å². The summed E-state index contributed by atoms with van der Waals surface area (Å²) in [6.07, 6.45) is 3.41. The van der Waals surface area contributed by atoms with Crippen molar-refractivity contribution in [3.05, 3.63) is 16.3 Å². The van der Waals surface area contributed by atoms with Gasteiger partial charge in [0.15, 0.2) is 0 Å². The van der Waals surface area contributed by atoms with Crippen molar-refractivity contribution in [1.82, 2.24) is 9.62 Å². The molecule has 0 saturated heterocycles. The van der Waals surface area contributed by atoms with Crippen LogP contribution in [0.5, 0.6) is 0 Å². The summed E-state index contributed by atoms with van der Waals surface area (Å²) in [7, 11) is -3.37. The zero-order valence-electron chi connectivity index (χ0n) is 13.1. The summed E-state index contributed by atoms with van der Waals surface area (Å²) in [5.74, 6) is 0.381. The Morgan fingerprint density at radius 2 is 2.14 bits per heavy atom. The van der Waals surface area contributed by atoms with Gasteiger partial charge in [-0.15, -0.1) is 11.3 Å². The molecule has 1 fully saturated rings. The van der Waals surface area contributed by atoms with E-state index in [9.17, 15) is 8.42 Å². The monoisotopic (exact) mass is 330 g/mol. The van der Waals surface area contributed by atoms with Gasteiger partial charge >= 0.3 is 0 Å². The van der Waals surface area contributed by atoms with E-state index in [0.717, 1.165) is 11.3 Å². The highest BCUT2D eigenvalue weighted by atomic mass is 32.2. The summed E-state index contributed by atoms with van der Waals surface area (Å²) in [5, 5.41) is 5.29. The van der Waals surface area contributed by atoms with Crippen molar-refractivity contribution in [2.45, 2.75) is 57.5 Å². The number of nitrogens with one attached hydrogen (secondary N) is 1. The molecule has 0 aromatic carbocycles. The fourth-order valence-electron chi connectivity index (χ4n) is 2.23. The van der Waals surface area contributed by atoms with Crippen molar-refractivity contribution >= 4 is 21.4 Å². The van der Waals surface area contributed by atoms with Crippen LogP contribution in [-0.2, 0) is 16.6 Å². The third-order valence-electron chi connectivity index (χ3n) is 4.02. The summed E-state index contributed by atoms with van der Waals surface area (Å²) < 4.78 is 27.3. The first-order valence-electron chi connectivity index (χ1n) is 7.78. The number of rotatable bonds is 9. The largest absolute Gasteiger partial charge is 0.309 e. The van der Waals surface area contributed by atoms with Gasteiger partial charge in [-0.2, -0.15) is 4.31 Å². The summed E-state index contributed by atoms with van der Waals surface area (Å²) in [6, 6.07) is 2.34. The standard InChI is InChI=1S/C15H26N2O2S2/c1-4-12(3)11-17(5-2)21(18,19)15-8-9-20-14(15)10-16-13-6-7-13/h8-9,12-13,16H,4-7,10-11H2,1-3H3. The minimum Gasteiger partial charge on any atom is -0.309 e. The Kier molecular flexibility index (Phi) is 5.82. The molecule has 1 heterocycles. The van der Waals surface area contributed by atoms with Crippen LogP contribution in [0, 0.1) is 5.92 Å². The second-order valence-corrected chi connectivity index (χ2v) is 8.74. The van der Waals surface area contributed by atoms with Gasteiger partial charge in [-0.25, -0.2) is 8.42 Å². The predicted octanol–water partition coefficient (Wildman–Crippen LogP) is 3.06. The van der Waals surface area contributed by atoms with E-state index in [1.54, 1.807) is 10.4 Å². The SMILES string of the molecule is CCC(C)CN(CC)S(=O)(=O)c1ccsc1CNC1CC1.